The summed E-state index contributed by atoms with van der Waals surface area (Å²) in [5.74, 6) is 0.603. The number of benzene rings is 2. The lowest BCUT2D eigenvalue weighted by Crippen LogP contribution is -2.17. The van der Waals surface area contributed by atoms with Gasteiger partial charge in [-0.05, 0) is 49.3 Å². The van der Waals surface area contributed by atoms with Crippen LogP contribution in [0.4, 0.5) is 0 Å². The normalized spacial score (nSPS) is 12.3. The predicted molar refractivity (Wildman–Crippen MR) is 82.1 cm³/mol. The van der Waals surface area contributed by atoms with Crippen molar-refractivity contribution < 1.29 is 0 Å². The van der Waals surface area contributed by atoms with E-state index in [1.807, 2.05) is 0 Å². The van der Waals surface area contributed by atoms with Crippen LogP contribution in [0.3, 0.4) is 0 Å². The van der Waals surface area contributed by atoms with Gasteiger partial charge in [-0.1, -0.05) is 60.7 Å². The Morgan fingerprint density at radius 3 is 1.95 bits per heavy atom. The standard InChI is InChI=1S/C18H23N/c19-15-18(14-17-10-5-2-6-11-17)13-7-12-16-8-3-1-4-9-16/h1-6,8-11,18H,7,12-15,19H2. The molecule has 0 spiro atoms. The maximum absolute atomic E-state index is 5.90. The fraction of sp³-hybridized carbons (Fsp3) is 0.333. The van der Waals surface area contributed by atoms with Crippen LogP contribution in [0.2, 0.25) is 0 Å². The van der Waals surface area contributed by atoms with E-state index in [9.17, 15) is 0 Å². The molecule has 1 atom stereocenters. The summed E-state index contributed by atoms with van der Waals surface area (Å²) in [6, 6.07) is 21.4. The molecule has 0 saturated heterocycles. The largest absolute Gasteiger partial charge is 0.330 e. The average molecular weight is 253 g/mol. The van der Waals surface area contributed by atoms with E-state index in [2.05, 4.69) is 60.7 Å². The molecule has 19 heavy (non-hydrogen) atoms. The highest BCUT2D eigenvalue weighted by Gasteiger charge is 2.07. The minimum atomic E-state index is 0.603. The van der Waals surface area contributed by atoms with Crippen molar-refractivity contribution in [1.29, 1.82) is 0 Å². The third-order valence-electron chi connectivity index (χ3n) is 3.62. The monoisotopic (exact) mass is 253 g/mol. The SMILES string of the molecule is NCC(CCCc1ccccc1)Cc1ccccc1. The lowest BCUT2D eigenvalue weighted by molar-refractivity contribution is 0.476. The average Bonchev–Trinajstić information content (AvgIpc) is 2.48. The molecule has 0 radical (unpaired) electrons. The molecule has 0 heterocycles. The van der Waals surface area contributed by atoms with E-state index in [4.69, 9.17) is 5.73 Å². The van der Waals surface area contributed by atoms with Gasteiger partial charge in [-0.2, -0.15) is 0 Å². The van der Waals surface area contributed by atoms with Gasteiger partial charge in [0.05, 0.1) is 0 Å². The molecule has 0 bridgehead atoms. The van der Waals surface area contributed by atoms with E-state index in [0.29, 0.717) is 5.92 Å². The molecule has 0 amide bonds. The Labute approximate surface area is 116 Å². The van der Waals surface area contributed by atoms with E-state index in [-0.39, 0.29) is 0 Å². The first-order chi connectivity index (χ1) is 9.38. The minimum Gasteiger partial charge on any atom is -0.330 e. The van der Waals surface area contributed by atoms with Gasteiger partial charge in [0.15, 0.2) is 0 Å². The second-order valence-corrected chi connectivity index (χ2v) is 5.17. The van der Waals surface area contributed by atoms with Gasteiger partial charge in [0.1, 0.15) is 0 Å². The topological polar surface area (TPSA) is 26.0 Å². The van der Waals surface area contributed by atoms with Crippen molar-refractivity contribution in [3.8, 4) is 0 Å². The second-order valence-electron chi connectivity index (χ2n) is 5.17. The summed E-state index contributed by atoms with van der Waals surface area (Å²) in [6.07, 6.45) is 4.69. The van der Waals surface area contributed by atoms with Gasteiger partial charge in [-0.15, -0.1) is 0 Å². The number of aryl methyl sites for hydroxylation is 1. The zero-order valence-electron chi connectivity index (χ0n) is 11.5. The minimum absolute atomic E-state index is 0.603. The Morgan fingerprint density at radius 2 is 1.37 bits per heavy atom. The van der Waals surface area contributed by atoms with E-state index in [0.717, 1.165) is 19.4 Å². The van der Waals surface area contributed by atoms with Crippen molar-refractivity contribution in [2.45, 2.75) is 25.7 Å². The molecule has 2 aromatic rings. The molecule has 0 aliphatic rings. The highest BCUT2D eigenvalue weighted by molar-refractivity contribution is 5.16. The van der Waals surface area contributed by atoms with E-state index < -0.39 is 0 Å². The van der Waals surface area contributed by atoms with Crippen LogP contribution < -0.4 is 5.73 Å². The maximum Gasteiger partial charge on any atom is -0.00457 e. The van der Waals surface area contributed by atoms with Gasteiger partial charge < -0.3 is 5.73 Å². The fourth-order valence-corrected chi connectivity index (χ4v) is 2.49. The van der Waals surface area contributed by atoms with Crippen molar-refractivity contribution in [2.24, 2.45) is 11.7 Å². The molecule has 0 fully saturated rings. The Balaban J connectivity index is 1.77. The van der Waals surface area contributed by atoms with Crippen LogP contribution in [-0.4, -0.2) is 6.54 Å². The zero-order chi connectivity index (χ0) is 13.3. The smallest absolute Gasteiger partial charge is 0.00457 e. The summed E-state index contributed by atoms with van der Waals surface area (Å²) in [5.41, 5.74) is 8.73. The first-order valence-electron chi connectivity index (χ1n) is 7.16. The third-order valence-corrected chi connectivity index (χ3v) is 3.62. The lowest BCUT2D eigenvalue weighted by atomic mass is 9.93. The molecule has 0 saturated carbocycles. The number of rotatable bonds is 7. The Morgan fingerprint density at radius 1 is 0.789 bits per heavy atom. The molecule has 0 aromatic heterocycles. The highest BCUT2D eigenvalue weighted by Crippen LogP contribution is 2.15. The zero-order valence-corrected chi connectivity index (χ0v) is 11.5. The van der Waals surface area contributed by atoms with Gasteiger partial charge in [0, 0.05) is 0 Å². The molecular weight excluding hydrogens is 230 g/mol. The van der Waals surface area contributed by atoms with Crippen LogP contribution in [0.1, 0.15) is 24.0 Å². The van der Waals surface area contributed by atoms with Crippen molar-refractivity contribution in [3.05, 3.63) is 71.8 Å². The molecular formula is C18H23N. The van der Waals surface area contributed by atoms with Gasteiger partial charge in [0.25, 0.3) is 0 Å². The van der Waals surface area contributed by atoms with Gasteiger partial charge in [0.2, 0.25) is 0 Å². The summed E-state index contributed by atoms with van der Waals surface area (Å²) in [6.45, 7) is 0.781. The number of nitrogens with two attached hydrogens (primary N) is 1. The molecule has 1 heteroatoms. The number of hydrogen-bond acceptors (Lipinski definition) is 1. The van der Waals surface area contributed by atoms with Crippen LogP contribution >= 0.6 is 0 Å². The summed E-state index contributed by atoms with van der Waals surface area (Å²) in [5, 5.41) is 0. The van der Waals surface area contributed by atoms with Gasteiger partial charge in [-0.3, -0.25) is 0 Å². The number of hydrogen-bond donors (Lipinski definition) is 1. The lowest BCUT2D eigenvalue weighted by Gasteiger charge is -2.14. The van der Waals surface area contributed by atoms with Gasteiger partial charge >= 0.3 is 0 Å². The quantitative estimate of drug-likeness (QED) is 0.797. The van der Waals surface area contributed by atoms with Crippen molar-refractivity contribution in [3.63, 3.8) is 0 Å². The van der Waals surface area contributed by atoms with E-state index in [1.165, 1.54) is 24.0 Å². The Hall–Kier alpha value is -1.60. The van der Waals surface area contributed by atoms with Gasteiger partial charge in [-0.25, -0.2) is 0 Å². The second kappa shape index (κ2) is 7.75. The molecule has 2 aromatic carbocycles. The van der Waals surface area contributed by atoms with E-state index in [1.54, 1.807) is 0 Å². The molecule has 100 valence electrons. The van der Waals surface area contributed by atoms with Crippen LogP contribution in [-0.2, 0) is 12.8 Å². The molecule has 1 nitrogen and oxygen atoms in total. The summed E-state index contributed by atoms with van der Waals surface area (Å²) in [4.78, 5) is 0. The summed E-state index contributed by atoms with van der Waals surface area (Å²) in [7, 11) is 0. The third kappa shape index (κ3) is 4.88. The highest BCUT2D eigenvalue weighted by atomic mass is 14.5. The molecule has 2 N–H and O–H groups in total. The molecule has 0 aliphatic carbocycles. The van der Waals surface area contributed by atoms with Crippen molar-refractivity contribution >= 4 is 0 Å². The van der Waals surface area contributed by atoms with Crippen molar-refractivity contribution in [1.82, 2.24) is 0 Å². The van der Waals surface area contributed by atoms with Crippen LogP contribution in [0.5, 0.6) is 0 Å². The first-order valence-corrected chi connectivity index (χ1v) is 7.16. The molecule has 0 aliphatic heterocycles. The maximum atomic E-state index is 5.90. The summed E-state index contributed by atoms with van der Waals surface area (Å²) < 4.78 is 0. The van der Waals surface area contributed by atoms with Crippen LogP contribution in [0.25, 0.3) is 0 Å². The van der Waals surface area contributed by atoms with E-state index >= 15 is 0 Å². The first kappa shape index (κ1) is 13.8. The predicted octanol–water partition coefficient (Wildman–Crippen LogP) is 3.83. The van der Waals surface area contributed by atoms with Crippen LogP contribution in [0.15, 0.2) is 60.7 Å². The molecule has 2 rings (SSSR count). The van der Waals surface area contributed by atoms with Crippen LogP contribution in [0, 0.1) is 5.92 Å². The fourth-order valence-electron chi connectivity index (χ4n) is 2.49. The molecule has 1 unspecified atom stereocenters. The Bertz CT molecular complexity index is 450. The van der Waals surface area contributed by atoms with Crippen molar-refractivity contribution in [2.75, 3.05) is 6.54 Å². The summed E-state index contributed by atoms with van der Waals surface area (Å²) >= 11 is 0. The Kier molecular flexibility index (Phi) is 5.64.